The highest BCUT2D eigenvalue weighted by molar-refractivity contribution is 5.66. The van der Waals surface area contributed by atoms with Crippen molar-refractivity contribution in [2.75, 3.05) is 0 Å². The second kappa shape index (κ2) is 4.65. The summed E-state index contributed by atoms with van der Waals surface area (Å²) in [7, 11) is 1.87. The molecule has 0 bridgehead atoms. The molecule has 4 heteroatoms. The number of hydrogen-bond acceptors (Lipinski definition) is 2. The highest BCUT2D eigenvalue weighted by atomic mass is 19.1. The van der Waals surface area contributed by atoms with Crippen molar-refractivity contribution in [3.63, 3.8) is 0 Å². The van der Waals surface area contributed by atoms with Crippen LogP contribution in [0.1, 0.15) is 0 Å². The molecule has 3 rings (SSSR count). The van der Waals surface area contributed by atoms with Gasteiger partial charge in [0.05, 0.1) is 11.9 Å². The molecule has 0 unspecified atom stereocenters. The van der Waals surface area contributed by atoms with Crippen LogP contribution in [-0.2, 0) is 7.05 Å². The van der Waals surface area contributed by atoms with Crippen molar-refractivity contribution in [3.8, 4) is 22.4 Å². The molecule has 0 fully saturated rings. The van der Waals surface area contributed by atoms with Crippen LogP contribution in [0.3, 0.4) is 0 Å². The molecule has 0 aliphatic carbocycles. The highest BCUT2D eigenvalue weighted by Gasteiger charge is 2.03. The average molecular weight is 253 g/mol. The largest absolute Gasteiger partial charge is 0.275 e. The minimum Gasteiger partial charge on any atom is -0.275 e. The topological polar surface area (TPSA) is 30.7 Å². The van der Waals surface area contributed by atoms with E-state index in [2.05, 4.69) is 10.1 Å². The zero-order chi connectivity index (χ0) is 13.2. The third-order valence-corrected chi connectivity index (χ3v) is 2.94. The van der Waals surface area contributed by atoms with Gasteiger partial charge in [-0.15, -0.1) is 0 Å². The van der Waals surface area contributed by atoms with E-state index in [4.69, 9.17) is 0 Å². The minimum absolute atomic E-state index is 0.233. The van der Waals surface area contributed by atoms with Gasteiger partial charge >= 0.3 is 0 Å². The van der Waals surface area contributed by atoms with Crippen molar-refractivity contribution in [1.29, 1.82) is 0 Å². The van der Waals surface area contributed by atoms with E-state index in [1.165, 1.54) is 12.1 Å². The Kier molecular flexibility index (Phi) is 2.83. The molecule has 94 valence electrons. The van der Waals surface area contributed by atoms with Gasteiger partial charge in [-0.2, -0.15) is 5.10 Å². The summed E-state index contributed by atoms with van der Waals surface area (Å²) >= 11 is 0. The van der Waals surface area contributed by atoms with Gasteiger partial charge in [-0.25, -0.2) is 4.39 Å². The van der Waals surface area contributed by atoms with E-state index in [0.29, 0.717) is 0 Å². The zero-order valence-corrected chi connectivity index (χ0v) is 10.4. The zero-order valence-electron chi connectivity index (χ0n) is 10.4. The molecule has 0 amide bonds. The maximum absolute atomic E-state index is 12.9. The molecule has 2 heterocycles. The number of pyridine rings is 1. The molecule has 19 heavy (non-hydrogen) atoms. The van der Waals surface area contributed by atoms with E-state index in [9.17, 15) is 4.39 Å². The summed E-state index contributed by atoms with van der Waals surface area (Å²) in [5.74, 6) is -0.233. The molecule has 0 spiro atoms. The first kappa shape index (κ1) is 11.6. The highest BCUT2D eigenvalue weighted by Crippen LogP contribution is 2.22. The van der Waals surface area contributed by atoms with E-state index in [1.807, 2.05) is 25.4 Å². The van der Waals surface area contributed by atoms with E-state index in [0.717, 1.165) is 22.4 Å². The van der Waals surface area contributed by atoms with Gasteiger partial charge in [-0.05, 0) is 23.8 Å². The summed E-state index contributed by atoms with van der Waals surface area (Å²) in [6.45, 7) is 0. The van der Waals surface area contributed by atoms with Gasteiger partial charge in [-0.3, -0.25) is 9.67 Å². The molecule has 3 nitrogen and oxygen atoms in total. The quantitative estimate of drug-likeness (QED) is 0.701. The smallest absolute Gasteiger partial charge is 0.123 e. The molecule has 0 saturated heterocycles. The molecule has 2 aromatic heterocycles. The Morgan fingerprint density at radius 3 is 2.21 bits per heavy atom. The standard InChI is InChI=1S/C15H12FN3/c1-19-10-13(9-18-19)15-7-4-12(8-17-15)11-2-5-14(16)6-3-11/h2-10H,1H3. The van der Waals surface area contributed by atoms with Gasteiger partial charge in [0.1, 0.15) is 5.82 Å². The van der Waals surface area contributed by atoms with Crippen LogP contribution in [0.5, 0.6) is 0 Å². The summed E-state index contributed by atoms with van der Waals surface area (Å²) in [5, 5.41) is 4.12. The Labute approximate surface area is 110 Å². The second-order valence-electron chi connectivity index (χ2n) is 4.34. The Morgan fingerprint density at radius 1 is 0.895 bits per heavy atom. The summed E-state index contributed by atoms with van der Waals surface area (Å²) in [5.41, 5.74) is 3.77. The van der Waals surface area contributed by atoms with Crippen LogP contribution >= 0.6 is 0 Å². The number of hydrogen-bond donors (Lipinski definition) is 0. The van der Waals surface area contributed by atoms with Crippen LogP contribution in [-0.4, -0.2) is 14.8 Å². The first-order chi connectivity index (χ1) is 9.22. The molecule has 0 atom stereocenters. The van der Waals surface area contributed by atoms with Gasteiger partial charge in [0.25, 0.3) is 0 Å². The van der Waals surface area contributed by atoms with Gasteiger partial charge < -0.3 is 0 Å². The second-order valence-corrected chi connectivity index (χ2v) is 4.34. The summed E-state index contributed by atoms with van der Waals surface area (Å²) in [4.78, 5) is 4.41. The SMILES string of the molecule is Cn1cc(-c2ccc(-c3ccc(F)cc3)cn2)cn1. The number of aryl methyl sites for hydroxylation is 1. The molecule has 1 aromatic carbocycles. The van der Waals surface area contributed by atoms with Crippen LogP contribution < -0.4 is 0 Å². The molecule has 0 saturated carbocycles. The van der Waals surface area contributed by atoms with E-state index in [1.54, 1.807) is 29.2 Å². The number of rotatable bonds is 2. The van der Waals surface area contributed by atoms with Gasteiger partial charge in [-0.1, -0.05) is 18.2 Å². The lowest BCUT2D eigenvalue weighted by molar-refractivity contribution is 0.628. The third kappa shape index (κ3) is 2.38. The fraction of sp³-hybridized carbons (Fsp3) is 0.0667. The van der Waals surface area contributed by atoms with Crippen molar-refractivity contribution < 1.29 is 4.39 Å². The Bertz CT molecular complexity index is 684. The fourth-order valence-electron chi connectivity index (χ4n) is 1.93. The molecule has 0 N–H and O–H groups in total. The monoisotopic (exact) mass is 253 g/mol. The number of halogens is 1. The maximum Gasteiger partial charge on any atom is 0.123 e. The lowest BCUT2D eigenvalue weighted by Gasteiger charge is -2.02. The lowest BCUT2D eigenvalue weighted by Crippen LogP contribution is -1.85. The lowest BCUT2D eigenvalue weighted by atomic mass is 10.1. The molecule has 0 aliphatic heterocycles. The average Bonchev–Trinajstić information content (AvgIpc) is 2.87. The molecule has 3 aromatic rings. The van der Waals surface area contributed by atoms with Crippen LogP contribution in [0.25, 0.3) is 22.4 Å². The summed E-state index contributed by atoms with van der Waals surface area (Å²) in [6, 6.07) is 10.3. The van der Waals surface area contributed by atoms with Gasteiger partial charge in [0.2, 0.25) is 0 Å². The fourth-order valence-corrected chi connectivity index (χ4v) is 1.93. The Morgan fingerprint density at radius 2 is 1.63 bits per heavy atom. The van der Waals surface area contributed by atoms with Crippen molar-refractivity contribution >= 4 is 0 Å². The van der Waals surface area contributed by atoms with Crippen LogP contribution in [0.15, 0.2) is 55.0 Å². The van der Waals surface area contributed by atoms with E-state index < -0.39 is 0 Å². The number of benzene rings is 1. The van der Waals surface area contributed by atoms with Crippen molar-refractivity contribution in [2.45, 2.75) is 0 Å². The number of nitrogens with zero attached hydrogens (tertiary/aromatic N) is 3. The number of aromatic nitrogens is 3. The Balaban J connectivity index is 1.92. The van der Waals surface area contributed by atoms with Gasteiger partial charge in [0, 0.05) is 30.6 Å². The first-order valence-electron chi connectivity index (χ1n) is 5.93. The Hall–Kier alpha value is -2.49. The molecular weight excluding hydrogens is 241 g/mol. The third-order valence-electron chi connectivity index (χ3n) is 2.94. The predicted molar refractivity (Wildman–Crippen MR) is 71.8 cm³/mol. The predicted octanol–water partition coefficient (Wildman–Crippen LogP) is 3.29. The van der Waals surface area contributed by atoms with Crippen molar-refractivity contribution in [1.82, 2.24) is 14.8 Å². The normalized spacial score (nSPS) is 10.6. The van der Waals surface area contributed by atoms with E-state index >= 15 is 0 Å². The van der Waals surface area contributed by atoms with E-state index in [-0.39, 0.29) is 5.82 Å². The molecular formula is C15H12FN3. The molecule has 0 aliphatic rings. The minimum atomic E-state index is -0.233. The summed E-state index contributed by atoms with van der Waals surface area (Å²) in [6.07, 6.45) is 5.48. The van der Waals surface area contributed by atoms with Crippen LogP contribution in [0.4, 0.5) is 4.39 Å². The van der Waals surface area contributed by atoms with Crippen molar-refractivity contribution in [2.24, 2.45) is 7.05 Å². The maximum atomic E-state index is 12.9. The van der Waals surface area contributed by atoms with Crippen LogP contribution in [0.2, 0.25) is 0 Å². The first-order valence-corrected chi connectivity index (χ1v) is 5.93. The molecule has 0 radical (unpaired) electrons. The van der Waals surface area contributed by atoms with Crippen LogP contribution in [0, 0.1) is 5.82 Å². The summed E-state index contributed by atoms with van der Waals surface area (Å²) < 4.78 is 14.6. The van der Waals surface area contributed by atoms with Gasteiger partial charge in [0.15, 0.2) is 0 Å². The van der Waals surface area contributed by atoms with Crippen molar-refractivity contribution in [3.05, 3.63) is 60.8 Å².